The van der Waals surface area contributed by atoms with Gasteiger partial charge in [0.2, 0.25) is 0 Å². The maximum absolute atomic E-state index is 11.3. The van der Waals surface area contributed by atoms with Crippen molar-refractivity contribution in [3.05, 3.63) is 33.3 Å². The van der Waals surface area contributed by atoms with Crippen LogP contribution in [0.4, 0.5) is 5.69 Å². The first-order valence-corrected chi connectivity index (χ1v) is 7.38. The highest BCUT2D eigenvalue weighted by molar-refractivity contribution is 7.91. The SMILES string of the molecule is O=[N+]([O-])c1ccc(Cl)c(OC2CCS(=O)(=O)C2)c1. The highest BCUT2D eigenvalue weighted by Crippen LogP contribution is 2.31. The van der Waals surface area contributed by atoms with E-state index in [-0.39, 0.29) is 28.0 Å². The van der Waals surface area contributed by atoms with E-state index in [4.69, 9.17) is 16.3 Å². The first-order chi connectivity index (χ1) is 8.37. The van der Waals surface area contributed by atoms with Gasteiger partial charge in [-0.25, -0.2) is 8.42 Å². The van der Waals surface area contributed by atoms with Crippen LogP contribution in [0.1, 0.15) is 6.42 Å². The summed E-state index contributed by atoms with van der Waals surface area (Å²) in [6.07, 6.45) is -0.115. The molecule has 0 bridgehead atoms. The second-order valence-corrected chi connectivity index (χ2v) is 6.65. The van der Waals surface area contributed by atoms with Gasteiger partial charge in [-0.05, 0) is 12.5 Å². The molecular weight excluding hydrogens is 282 g/mol. The Kier molecular flexibility index (Phi) is 3.45. The molecule has 0 saturated carbocycles. The van der Waals surface area contributed by atoms with E-state index in [0.29, 0.717) is 6.42 Å². The lowest BCUT2D eigenvalue weighted by Crippen LogP contribution is -2.17. The Hall–Kier alpha value is -1.34. The van der Waals surface area contributed by atoms with Crippen molar-refractivity contribution in [2.24, 2.45) is 0 Å². The fourth-order valence-electron chi connectivity index (χ4n) is 1.73. The quantitative estimate of drug-likeness (QED) is 0.626. The summed E-state index contributed by atoms with van der Waals surface area (Å²) < 4.78 is 28.0. The van der Waals surface area contributed by atoms with Gasteiger partial charge in [0, 0.05) is 6.07 Å². The number of nitrogens with zero attached hydrogens (tertiary/aromatic N) is 1. The van der Waals surface area contributed by atoms with Gasteiger partial charge in [0.15, 0.2) is 9.84 Å². The van der Waals surface area contributed by atoms with Crippen molar-refractivity contribution >= 4 is 27.1 Å². The first kappa shape index (κ1) is 13.1. The topological polar surface area (TPSA) is 86.5 Å². The zero-order chi connectivity index (χ0) is 13.3. The predicted octanol–water partition coefficient (Wildman–Crippen LogP) is 1.81. The van der Waals surface area contributed by atoms with Crippen LogP contribution in [0, 0.1) is 10.1 Å². The van der Waals surface area contributed by atoms with Crippen LogP contribution < -0.4 is 4.74 Å². The molecule has 2 rings (SSSR count). The molecule has 0 spiro atoms. The minimum absolute atomic E-state index is 0.0736. The van der Waals surface area contributed by atoms with Crippen molar-refractivity contribution < 1.29 is 18.1 Å². The summed E-state index contributed by atoms with van der Waals surface area (Å²) in [5, 5.41) is 10.8. The highest BCUT2D eigenvalue weighted by atomic mass is 35.5. The minimum Gasteiger partial charge on any atom is -0.488 e. The lowest BCUT2D eigenvalue weighted by molar-refractivity contribution is -0.384. The molecule has 1 aromatic carbocycles. The summed E-state index contributed by atoms with van der Waals surface area (Å²) in [6.45, 7) is 0. The molecule has 98 valence electrons. The van der Waals surface area contributed by atoms with E-state index in [9.17, 15) is 18.5 Å². The molecule has 1 aliphatic heterocycles. The minimum atomic E-state index is -3.06. The third-order valence-corrected chi connectivity index (χ3v) is 4.66. The summed E-state index contributed by atoms with van der Waals surface area (Å²) in [7, 11) is -3.06. The van der Waals surface area contributed by atoms with Gasteiger partial charge < -0.3 is 4.74 Å². The van der Waals surface area contributed by atoms with Crippen LogP contribution in [0.2, 0.25) is 5.02 Å². The maximum atomic E-state index is 11.3. The van der Waals surface area contributed by atoms with Gasteiger partial charge in [-0.1, -0.05) is 11.6 Å². The van der Waals surface area contributed by atoms with Gasteiger partial charge >= 0.3 is 0 Å². The number of non-ortho nitro benzene ring substituents is 1. The van der Waals surface area contributed by atoms with Crippen LogP contribution in [0.25, 0.3) is 0 Å². The van der Waals surface area contributed by atoms with Crippen molar-refractivity contribution in [2.75, 3.05) is 11.5 Å². The molecule has 1 unspecified atom stereocenters. The molecule has 1 atom stereocenters. The van der Waals surface area contributed by atoms with Crippen molar-refractivity contribution in [1.29, 1.82) is 0 Å². The molecule has 1 aromatic rings. The maximum Gasteiger partial charge on any atom is 0.273 e. The van der Waals surface area contributed by atoms with E-state index in [1.54, 1.807) is 0 Å². The Morgan fingerprint density at radius 2 is 2.17 bits per heavy atom. The molecule has 1 heterocycles. The lowest BCUT2D eigenvalue weighted by atomic mass is 10.3. The van der Waals surface area contributed by atoms with E-state index >= 15 is 0 Å². The summed E-state index contributed by atoms with van der Waals surface area (Å²) in [4.78, 5) is 10.1. The van der Waals surface area contributed by atoms with Crippen LogP contribution in [0.3, 0.4) is 0 Å². The van der Waals surface area contributed by atoms with Crippen LogP contribution >= 0.6 is 11.6 Å². The van der Waals surface area contributed by atoms with Gasteiger partial charge in [0.25, 0.3) is 5.69 Å². The summed E-state index contributed by atoms with van der Waals surface area (Å²) in [5.74, 6) is 0.143. The Balaban J connectivity index is 2.19. The van der Waals surface area contributed by atoms with Gasteiger partial charge in [-0.2, -0.15) is 0 Å². The van der Waals surface area contributed by atoms with E-state index in [2.05, 4.69) is 0 Å². The summed E-state index contributed by atoms with van der Waals surface area (Å²) in [5.41, 5.74) is -0.143. The molecule has 0 aromatic heterocycles. The van der Waals surface area contributed by atoms with Gasteiger partial charge in [-0.3, -0.25) is 10.1 Å². The number of hydrogen-bond donors (Lipinski definition) is 0. The second-order valence-electron chi connectivity index (χ2n) is 4.01. The molecule has 0 amide bonds. The third-order valence-electron chi connectivity index (χ3n) is 2.61. The predicted molar refractivity (Wildman–Crippen MR) is 65.8 cm³/mol. The van der Waals surface area contributed by atoms with Crippen molar-refractivity contribution in [3.8, 4) is 5.75 Å². The fraction of sp³-hybridized carbons (Fsp3) is 0.400. The second kappa shape index (κ2) is 4.74. The molecule has 18 heavy (non-hydrogen) atoms. The third kappa shape index (κ3) is 2.91. The molecular formula is C10H10ClNO5S. The monoisotopic (exact) mass is 291 g/mol. The summed E-state index contributed by atoms with van der Waals surface area (Å²) in [6, 6.07) is 3.83. The molecule has 1 aliphatic rings. The van der Waals surface area contributed by atoms with E-state index in [1.807, 2.05) is 0 Å². The molecule has 0 aliphatic carbocycles. The van der Waals surface area contributed by atoms with Gasteiger partial charge in [0.05, 0.1) is 27.5 Å². The lowest BCUT2D eigenvalue weighted by Gasteiger charge is -2.12. The van der Waals surface area contributed by atoms with Crippen LogP contribution in [-0.2, 0) is 9.84 Å². The number of sulfone groups is 1. The Morgan fingerprint density at radius 3 is 2.72 bits per heavy atom. The largest absolute Gasteiger partial charge is 0.488 e. The van der Waals surface area contributed by atoms with Crippen LogP contribution in [-0.4, -0.2) is 31.0 Å². The molecule has 0 N–H and O–H groups in total. The smallest absolute Gasteiger partial charge is 0.273 e. The number of rotatable bonds is 3. The molecule has 0 radical (unpaired) electrons. The van der Waals surface area contributed by atoms with E-state index < -0.39 is 20.9 Å². The van der Waals surface area contributed by atoms with Gasteiger partial charge in [0.1, 0.15) is 11.9 Å². The number of benzene rings is 1. The van der Waals surface area contributed by atoms with Crippen molar-refractivity contribution in [3.63, 3.8) is 0 Å². The molecule has 1 fully saturated rings. The molecule has 8 heteroatoms. The molecule has 1 saturated heterocycles. The molecule has 6 nitrogen and oxygen atoms in total. The number of hydrogen-bond acceptors (Lipinski definition) is 5. The highest BCUT2D eigenvalue weighted by Gasteiger charge is 2.30. The average Bonchev–Trinajstić information content (AvgIpc) is 2.61. The number of ether oxygens (including phenoxy) is 1. The van der Waals surface area contributed by atoms with Crippen molar-refractivity contribution in [2.45, 2.75) is 12.5 Å². The Labute approximate surface area is 109 Å². The van der Waals surface area contributed by atoms with E-state index in [1.165, 1.54) is 18.2 Å². The average molecular weight is 292 g/mol. The number of nitro groups is 1. The zero-order valence-corrected chi connectivity index (χ0v) is 10.8. The van der Waals surface area contributed by atoms with Gasteiger partial charge in [-0.15, -0.1) is 0 Å². The summed E-state index contributed by atoms with van der Waals surface area (Å²) >= 11 is 5.85. The zero-order valence-electron chi connectivity index (χ0n) is 9.21. The van der Waals surface area contributed by atoms with E-state index in [0.717, 1.165) is 0 Å². The Bertz CT molecular complexity index is 586. The normalized spacial score (nSPS) is 21.7. The van der Waals surface area contributed by atoms with Crippen molar-refractivity contribution in [1.82, 2.24) is 0 Å². The van der Waals surface area contributed by atoms with Crippen LogP contribution in [0.5, 0.6) is 5.75 Å². The number of nitro benzene ring substituents is 1. The number of halogens is 1. The fourth-order valence-corrected chi connectivity index (χ4v) is 3.48. The Morgan fingerprint density at radius 1 is 1.44 bits per heavy atom. The first-order valence-electron chi connectivity index (χ1n) is 5.18. The van der Waals surface area contributed by atoms with Crippen LogP contribution in [0.15, 0.2) is 18.2 Å². The standard InChI is InChI=1S/C10H10ClNO5S/c11-9-2-1-7(12(13)14)5-10(9)17-8-3-4-18(15,16)6-8/h1-2,5,8H,3-4,6H2.